The molecule has 3 aromatic rings. The second-order valence-electron chi connectivity index (χ2n) is 5.12. The molecule has 18 heavy (non-hydrogen) atoms. The van der Waals surface area contributed by atoms with Crippen molar-refractivity contribution in [3.8, 4) is 0 Å². The van der Waals surface area contributed by atoms with E-state index in [0.29, 0.717) is 5.92 Å². The molecule has 0 N–H and O–H groups in total. The van der Waals surface area contributed by atoms with Gasteiger partial charge in [-0.25, -0.2) is 0 Å². The van der Waals surface area contributed by atoms with Crippen LogP contribution in [0.15, 0.2) is 24.5 Å². The average Bonchev–Trinajstić information content (AvgIpc) is 2.70. The van der Waals surface area contributed by atoms with Gasteiger partial charge in [-0.05, 0) is 37.0 Å². The number of rotatable bonds is 2. The van der Waals surface area contributed by atoms with Crippen LogP contribution in [0.4, 0.5) is 0 Å². The van der Waals surface area contributed by atoms with Crippen LogP contribution < -0.4 is 0 Å². The van der Waals surface area contributed by atoms with Gasteiger partial charge in [0.2, 0.25) is 0 Å². The maximum Gasteiger partial charge on any atom is 0.0892 e. The predicted molar refractivity (Wildman–Crippen MR) is 78.2 cm³/mol. The van der Waals surface area contributed by atoms with Crippen LogP contribution in [-0.4, -0.2) is 9.97 Å². The Morgan fingerprint density at radius 1 is 1.11 bits per heavy atom. The third kappa shape index (κ3) is 1.79. The van der Waals surface area contributed by atoms with Crippen molar-refractivity contribution in [2.24, 2.45) is 5.92 Å². The van der Waals surface area contributed by atoms with Crippen LogP contribution in [0.25, 0.3) is 20.3 Å². The summed E-state index contributed by atoms with van der Waals surface area (Å²) in [5.74, 6) is 0.667. The maximum absolute atomic E-state index is 4.56. The molecule has 0 saturated heterocycles. The van der Waals surface area contributed by atoms with Crippen LogP contribution in [0.1, 0.15) is 25.1 Å². The standard InChI is InChI=1S/C15H16N2S/c1-9(2)8-11-4-6-17-13-12-5-7-16-10(3)14(12)18-15(11)13/h4-7,9H,8H2,1-3H3. The molecule has 0 atom stereocenters. The van der Waals surface area contributed by atoms with Gasteiger partial charge in [-0.15, -0.1) is 11.3 Å². The fraction of sp³-hybridized carbons (Fsp3) is 0.333. The zero-order chi connectivity index (χ0) is 12.7. The van der Waals surface area contributed by atoms with Gasteiger partial charge in [0.1, 0.15) is 0 Å². The van der Waals surface area contributed by atoms with Crippen LogP contribution in [0.5, 0.6) is 0 Å². The quantitative estimate of drug-likeness (QED) is 0.681. The van der Waals surface area contributed by atoms with Crippen LogP contribution in [0, 0.1) is 12.8 Å². The number of fused-ring (bicyclic) bond motifs is 3. The molecule has 3 rings (SSSR count). The second-order valence-corrected chi connectivity index (χ2v) is 6.14. The van der Waals surface area contributed by atoms with E-state index in [1.54, 1.807) is 0 Å². The van der Waals surface area contributed by atoms with Gasteiger partial charge in [0.15, 0.2) is 0 Å². The Balaban J connectivity index is 2.35. The zero-order valence-corrected chi connectivity index (χ0v) is 11.7. The summed E-state index contributed by atoms with van der Waals surface area (Å²) in [7, 11) is 0. The number of thiophene rings is 1. The molecule has 3 heteroatoms. The maximum atomic E-state index is 4.56. The molecular formula is C15H16N2S. The molecule has 0 unspecified atom stereocenters. The lowest BCUT2D eigenvalue weighted by atomic mass is 10.0. The molecule has 0 bridgehead atoms. The van der Waals surface area contributed by atoms with Gasteiger partial charge in [0.25, 0.3) is 0 Å². The van der Waals surface area contributed by atoms with Crippen LogP contribution in [0.2, 0.25) is 0 Å². The van der Waals surface area contributed by atoms with Crippen LogP contribution in [-0.2, 0) is 6.42 Å². The van der Waals surface area contributed by atoms with Crippen molar-refractivity contribution in [2.75, 3.05) is 0 Å². The highest BCUT2D eigenvalue weighted by Crippen LogP contribution is 2.36. The molecule has 3 heterocycles. The molecule has 0 aliphatic rings. The molecule has 0 fully saturated rings. The third-order valence-electron chi connectivity index (χ3n) is 3.16. The number of hydrogen-bond donors (Lipinski definition) is 0. The van der Waals surface area contributed by atoms with Crippen molar-refractivity contribution >= 4 is 31.6 Å². The first-order chi connectivity index (χ1) is 8.66. The van der Waals surface area contributed by atoms with Gasteiger partial charge in [0.05, 0.1) is 20.6 Å². The summed E-state index contributed by atoms with van der Waals surface area (Å²) < 4.78 is 2.61. The Hall–Kier alpha value is -1.48. The molecule has 0 aliphatic heterocycles. The molecular weight excluding hydrogens is 240 g/mol. The first-order valence-corrected chi connectivity index (χ1v) is 7.10. The number of aryl methyl sites for hydroxylation is 1. The predicted octanol–water partition coefficient (Wildman–Crippen LogP) is 4.35. The molecule has 0 aliphatic carbocycles. The lowest BCUT2D eigenvalue weighted by Crippen LogP contribution is -1.94. The average molecular weight is 256 g/mol. The Morgan fingerprint density at radius 3 is 2.67 bits per heavy atom. The van der Waals surface area contributed by atoms with E-state index < -0.39 is 0 Å². The molecule has 2 nitrogen and oxygen atoms in total. The van der Waals surface area contributed by atoms with E-state index in [2.05, 4.69) is 42.9 Å². The van der Waals surface area contributed by atoms with Gasteiger partial charge >= 0.3 is 0 Å². The van der Waals surface area contributed by atoms with E-state index in [-0.39, 0.29) is 0 Å². The fourth-order valence-electron chi connectivity index (χ4n) is 2.36. The van der Waals surface area contributed by atoms with E-state index in [0.717, 1.165) is 17.6 Å². The molecule has 3 aromatic heterocycles. The number of nitrogens with zero attached hydrogens (tertiary/aromatic N) is 2. The number of pyridine rings is 2. The Kier molecular flexibility index (Phi) is 2.78. The van der Waals surface area contributed by atoms with Gasteiger partial charge in [0, 0.05) is 17.8 Å². The normalized spacial score (nSPS) is 11.8. The summed E-state index contributed by atoms with van der Waals surface area (Å²) in [4.78, 5) is 8.94. The second kappa shape index (κ2) is 4.32. The van der Waals surface area contributed by atoms with E-state index in [1.165, 1.54) is 20.3 Å². The summed E-state index contributed by atoms with van der Waals surface area (Å²) >= 11 is 1.83. The Morgan fingerprint density at radius 2 is 1.89 bits per heavy atom. The Bertz CT molecular complexity index is 713. The summed E-state index contributed by atoms with van der Waals surface area (Å²) in [5.41, 5.74) is 3.65. The molecule has 0 spiro atoms. The van der Waals surface area contributed by atoms with Gasteiger partial charge in [-0.2, -0.15) is 0 Å². The highest BCUT2D eigenvalue weighted by atomic mass is 32.1. The van der Waals surface area contributed by atoms with Crippen molar-refractivity contribution < 1.29 is 0 Å². The SMILES string of the molecule is Cc1nccc2c1sc1c(CC(C)C)ccnc12. The minimum absolute atomic E-state index is 0.667. The van der Waals surface area contributed by atoms with E-state index in [1.807, 2.05) is 23.7 Å². The number of hydrogen-bond acceptors (Lipinski definition) is 3. The van der Waals surface area contributed by atoms with E-state index in [9.17, 15) is 0 Å². The first kappa shape index (κ1) is 11.6. The third-order valence-corrected chi connectivity index (χ3v) is 4.54. The summed E-state index contributed by atoms with van der Waals surface area (Å²) in [6, 6.07) is 4.23. The highest BCUT2D eigenvalue weighted by molar-refractivity contribution is 7.26. The van der Waals surface area contributed by atoms with Crippen molar-refractivity contribution in [3.05, 3.63) is 35.8 Å². The summed E-state index contributed by atoms with van der Waals surface area (Å²) in [6.07, 6.45) is 4.92. The molecule has 0 aromatic carbocycles. The van der Waals surface area contributed by atoms with E-state index >= 15 is 0 Å². The fourth-order valence-corrected chi connectivity index (χ4v) is 3.59. The Labute approximate surface area is 111 Å². The molecule has 0 radical (unpaired) electrons. The lowest BCUT2D eigenvalue weighted by Gasteiger charge is -2.05. The van der Waals surface area contributed by atoms with Crippen molar-refractivity contribution in [2.45, 2.75) is 27.2 Å². The topological polar surface area (TPSA) is 25.8 Å². The van der Waals surface area contributed by atoms with Crippen molar-refractivity contribution in [3.63, 3.8) is 0 Å². The van der Waals surface area contributed by atoms with Crippen LogP contribution >= 0.6 is 11.3 Å². The van der Waals surface area contributed by atoms with Gasteiger partial charge in [-0.1, -0.05) is 13.8 Å². The van der Waals surface area contributed by atoms with Crippen molar-refractivity contribution in [1.29, 1.82) is 0 Å². The van der Waals surface area contributed by atoms with E-state index in [4.69, 9.17) is 0 Å². The van der Waals surface area contributed by atoms with Crippen LogP contribution in [0.3, 0.4) is 0 Å². The smallest absolute Gasteiger partial charge is 0.0892 e. The molecule has 92 valence electrons. The highest BCUT2D eigenvalue weighted by Gasteiger charge is 2.12. The first-order valence-electron chi connectivity index (χ1n) is 6.28. The largest absolute Gasteiger partial charge is 0.260 e. The minimum Gasteiger partial charge on any atom is -0.260 e. The van der Waals surface area contributed by atoms with Crippen molar-refractivity contribution in [1.82, 2.24) is 9.97 Å². The molecule has 0 saturated carbocycles. The lowest BCUT2D eigenvalue weighted by molar-refractivity contribution is 0.650. The summed E-state index contributed by atoms with van der Waals surface area (Å²) in [6.45, 7) is 6.58. The zero-order valence-electron chi connectivity index (χ0n) is 10.9. The van der Waals surface area contributed by atoms with Gasteiger partial charge < -0.3 is 0 Å². The number of aromatic nitrogens is 2. The monoisotopic (exact) mass is 256 g/mol. The molecule has 0 amide bonds. The van der Waals surface area contributed by atoms with Gasteiger partial charge in [-0.3, -0.25) is 9.97 Å². The summed E-state index contributed by atoms with van der Waals surface area (Å²) in [5, 5.41) is 1.24. The minimum atomic E-state index is 0.667.